The van der Waals surface area contributed by atoms with Gasteiger partial charge in [-0.25, -0.2) is 0 Å². The number of hydrogen-bond acceptors (Lipinski definition) is 4. The Morgan fingerprint density at radius 1 is 1.28 bits per heavy atom. The highest BCUT2D eigenvalue weighted by Gasteiger charge is 2.35. The lowest BCUT2D eigenvalue weighted by Crippen LogP contribution is -2.36. The monoisotopic (exact) mass is 358 g/mol. The van der Waals surface area contributed by atoms with Gasteiger partial charge in [0, 0.05) is 18.8 Å². The normalized spacial score (nSPS) is 18.3. The molecule has 0 bridgehead atoms. The molecule has 1 heterocycles. The van der Waals surface area contributed by atoms with Gasteiger partial charge in [-0.05, 0) is 37.0 Å². The van der Waals surface area contributed by atoms with Crippen LogP contribution in [0.5, 0.6) is 0 Å². The number of nitrogens with zero attached hydrogens (tertiary/aromatic N) is 1. The van der Waals surface area contributed by atoms with Gasteiger partial charge in [0.05, 0.1) is 31.1 Å². The number of benzene rings is 1. The van der Waals surface area contributed by atoms with Gasteiger partial charge in [0.1, 0.15) is 6.61 Å². The minimum Gasteiger partial charge on any atom is -0.378 e. The molecular weight excluding hydrogens is 337 g/mol. The minimum absolute atomic E-state index is 0.237. The Balaban J connectivity index is 1.69. The summed E-state index contributed by atoms with van der Waals surface area (Å²) in [5.74, 6) is -0.0865. The van der Waals surface area contributed by atoms with Crippen molar-refractivity contribution in [2.45, 2.75) is 19.0 Å². The van der Waals surface area contributed by atoms with Crippen molar-refractivity contribution in [3.05, 3.63) is 23.8 Å². The van der Waals surface area contributed by atoms with Gasteiger partial charge in [0.25, 0.3) is 0 Å². The minimum atomic E-state index is -4.56. The fourth-order valence-corrected chi connectivity index (χ4v) is 2.68. The summed E-state index contributed by atoms with van der Waals surface area (Å²) in [6.07, 6.45) is -2.38. The second-order valence-corrected chi connectivity index (χ2v) is 6.33. The van der Waals surface area contributed by atoms with E-state index >= 15 is 0 Å². The number of halogens is 3. The molecule has 8 heteroatoms. The summed E-state index contributed by atoms with van der Waals surface area (Å²) in [5.41, 5.74) is -0.629. The van der Waals surface area contributed by atoms with E-state index < -0.39 is 17.6 Å². The van der Waals surface area contributed by atoms with Crippen molar-refractivity contribution in [1.29, 1.82) is 0 Å². The smallest absolute Gasteiger partial charge is 0.378 e. The Morgan fingerprint density at radius 3 is 2.64 bits per heavy atom. The van der Waals surface area contributed by atoms with E-state index in [9.17, 15) is 18.0 Å². The summed E-state index contributed by atoms with van der Waals surface area (Å²) in [7, 11) is 0. The molecule has 1 aliphatic heterocycles. The molecule has 1 amide bonds. The predicted molar refractivity (Wildman–Crippen MR) is 86.6 cm³/mol. The van der Waals surface area contributed by atoms with Crippen LogP contribution < -0.4 is 10.2 Å². The predicted octanol–water partition coefficient (Wildman–Crippen LogP) is 2.91. The van der Waals surface area contributed by atoms with Crippen LogP contribution in [0.15, 0.2) is 18.2 Å². The molecule has 3 rings (SSSR count). The van der Waals surface area contributed by atoms with E-state index in [2.05, 4.69) is 5.32 Å². The van der Waals surface area contributed by atoms with E-state index in [4.69, 9.17) is 9.47 Å². The molecule has 0 spiro atoms. The molecule has 0 aromatic heterocycles. The highest BCUT2D eigenvalue weighted by molar-refractivity contribution is 5.92. The summed E-state index contributed by atoms with van der Waals surface area (Å²) in [6.45, 7) is 2.29. The number of carbonyl (C=O) groups is 1. The van der Waals surface area contributed by atoms with Crippen LogP contribution in [0.25, 0.3) is 0 Å². The maximum atomic E-state index is 13.4. The van der Waals surface area contributed by atoms with Crippen LogP contribution in [0.3, 0.4) is 0 Å². The molecule has 0 unspecified atom stereocenters. The first-order chi connectivity index (χ1) is 11.9. The van der Waals surface area contributed by atoms with Crippen LogP contribution in [0.2, 0.25) is 0 Å². The Bertz CT molecular complexity index is 612. The Morgan fingerprint density at radius 2 is 2.00 bits per heavy atom. The summed E-state index contributed by atoms with van der Waals surface area (Å²) >= 11 is 0. The molecule has 25 heavy (non-hydrogen) atoms. The van der Waals surface area contributed by atoms with Crippen molar-refractivity contribution in [3.8, 4) is 0 Å². The van der Waals surface area contributed by atoms with E-state index in [0.717, 1.165) is 18.9 Å². The number of anilines is 2. The molecule has 1 N–H and O–H groups in total. The summed E-state index contributed by atoms with van der Waals surface area (Å²) < 4.78 is 50.6. The molecule has 1 aromatic rings. The lowest BCUT2D eigenvalue weighted by molar-refractivity contribution is -0.137. The fraction of sp³-hybridized carbons (Fsp3) is 0.588. The zero-order valence-corrected chi connectivity index (χ0v) is 13.8. The van der Waals surface area contributed by atoms with Gasteiger partial charge in [-0.2, -0.15) is 13.2 Å². The summed E-state index contributed by atoms with van der Waals surface area (Å²) in [5, 5.41) is 2.31. The Labute approximate surface area is 144 Å². The van der Waals surface area contributed by atoms with E-state index in [0.29, 0.717) is 44.5 Å². The number of alkyl halides is 3. The average molecular weight is 358 g/mol. The third kappa shape index (κ3) is 5.09. The zero-order chi connectivity index (χ0) is 17.9. The lowest BCUT2D eigenvalue weighted by Gasteiger charge is -2.29. The van der Waals surface area contributed by atoms with E-state index in [1.54, 1.807) is 6.07 Å². The van der Waals surface area contributed by atoms with Crippen molar-refractivity contribution in [2.75, 3.05) is 49.7 Å². The van der Waals surface area contributed by atoms with Crippen molar-refractivity contribution < 1.29 is 27.4 Å². The standard InChI is InChI=1S/C17H21F3N2O3/c18-17(19,20)14-9-13(22-5-7-24-8-6-22)3-4-15(14)21-16(23)11-25-10-12-1-2-12/h3-4,9,12H,1-2,5-8,10-11H2,(H,21,23). The number of morpholine rings is 1. The zero-order valence-electron chi connectivity index (χ0n) is 13.8. The fourth-order valence-electron chi connectivity index (χ4n) is 2.68. The molecule has 2 fully saturated rings. The second kappa shape index (κ2) is 7.61. The highest BCUT2D eigenvalue weighted by atomic mass is 19.4. The largest absolute Gasteiger partial charge is 0.418 e. The van der Waals surface area contributed by atoms with Crippen molar-refractivity contribution in [3.63, 3.8) is 0 Å². The number of amides is 1. The first-order valence-electron chi connectivity index (χ1n) is 8.35. The van der Waals surface area contributed by atoms with Crippen LogP contribution in [0.4, 0.5) is 24.5 Å². The summed E-state index contributed by atoms with van der Waals surface area (Å²) in [6, 6.07) is 3.96. The molecule has 0 radical (unpaired) electrons. The number of rotatable bonds is 6. The maximum absolute atomic E-state index is 13.4. The van der Waals surface area contributed by atoms with E-state index in [1.807, 2.05) is 4.90 Å². The van der Waals surface area contributed by atoms with E-state index in [1.165, 1.54) is 6.07 Å². The number of ether oxygens (including phenoxy) is 2. The van der Waals surface area contributed by atoms with Gasteiger partial charge < -0.3 is 19.7 Å². The molecule has 1 aliphatic carbocycles. The van der Waals surface area contributed by atoms with Gasteiger partial charge in [-0.15, -0.1) is 0 Å². The first kappa shape index (κ1) is 18.0. The Hall–Kier alpha value is -1.80. The van der Waals surface area contributed by atoms with Crippen LogP contribution in [-0.4, -0.2) is 45.4 Å². The quantitative estimate of drug-likeness (QED) is 0.850. The van der Waals surface area contributed by atoms with Gasteiger partial charge in [-0.3, -0.25) is 4.79 Å². The van der Waals surface area contributed by atoms with Gasteiger partial charge >= 0.3 is 6.18 Å². The molecule has 1 aromatic carbocycles. The molecule has 1 saturated carbocycles. The number of hydrogen-bond donors (Lipinski definition) is 1. The molecule has 138 valence electrons. The van der Waals surface area contributed by atoms with Crippen molar-refractivity contribution in [1.82, 2.24) is 0 Å². The van der Waals surface area contributed by atoms with Gasteiger partial charge in [0.15, 0.2) is 0 Å². The lowest BCUT2D eigenvalue weighted by atomic mass is 10.1. The number of nitrogens with one attached hydrogen (secondary N) is 1. The molecule has 5 nitrogen and oxygen atoms in total. The van der Waals surface area contributed by atoms with Gasteiger partial charge in [0.2, 0.25) is 5.91 Å². The highest BCUT2D eigenvalue weighted by Crippen LogP contribution is 2.37. The first-order valence-corrected chi connectivity index (χ1v) is 8.35. The molecule has 0 atom stereocenters. The number of carbonyl (C=O) groups excluding carboxylic acids is 1. The summed E-state index contributed by atoms with van der Waals surface area (Å²) in [4.78, 5) is 13.7. The van der Waals surface area contributed by atoms with Crippen molar-refractivity contribution in [2.24, 2.45) is 5.92 Å². The van der Waals surface area contributed by atoms with Crippen LogP contribution in [0, 0.1) is 5.92 Å². The Kier molecular flexibility index (Phi) is 5.48. The third-order valence-electron chi connectivity index (χ3n) is 4.24. The third-order valence-corrected chi connectivity index (χ3v) is 4.24. The molecular formula is C17H21F3N2O3. The van der Waals surface area contributed by atoms with Crippen LogP contribution >= 0.6 is 0 Å². The van der Waals surface area contributed by atoms with Crippen LogP contribution in [0.1, 0.15) is 18.4 Å². The van der Waals surface area contributed by atoms with Crippen molar-refractivity contribution >= 4 is 17.3 Å². The average Bonchev–Trinajstić information content (AvgIpc) is 3.39. The van der Waals surface area contributed by atoms with Crippen LogP contribution in [-0.2, 0) is 20.4 Å². The SMILES string of the molecule is O=C(COCC1CC1)Nc1ccc(N2CCOCC2)cc1C(F)(F)F. The topological polar surface area (TPSA) is 50.8 Å². The van der Waals surface area contributed by atoms with Gasteiger partial charge in [-0.1, -0.05) is 0 Å². The molecule has 2 aliphatic rings. The second-order valence-electron chi connectivity index (χ2n) is 6.33. The maximum Gasteiger partial charge on any atom is 0.418 e. The van der Waals surface area contributed by atoms with E-state index in [-0.39, 0.29) is 12.3 Å². The molecule has 1 saturated heterocycles.